The van der Waals surface area contributed by atoms with Crippen molar-refractivity contribution in [1.82, 2.24) is 15.7 Å². The standard InChI is InChI=1S/C14H22N4O2/c1-3-18(4-2)10-9-15-14(19)12-5-7-13(8-6-12)16-11-17-20/h5-8,11,20H,3-4,9-10H2,1-2H3,(H,15,19)(H,16,17). The van der Waals surface area contributed by atoms with Crippen molar-refractivity contribution >= 4 is 17.9 Å². The number of nitrogens with zero attached hydrogens (tertiary/aromatic N) is 2. The zero-order valence-electron chi connectivity index (χ0n) is 12.0. The molecule has 6 heteroatoms. The molecule has 0 fully saturated rings. The van der Waals surface area contributed by atoms with Crippen molar-refractivity contribution < 1.29 is 10.0 Å². The van der Waals surface area contributed by atoms with Crippen LogP contribution in [0.15, 0.2) is 29.3 Å². The van der Waals surface area contributed by atoms with Gasteiger partial charge in [-0.15, -0.1) is 0 Å². The molecule has 0 aliphatic carbocycles. The van der Waals surface area contributed by atoms with Gasteiger partial charge in [0.2, 0.25) is 0 Å². The van der Waals surface area contributed by atoms with Crippen molar-refractivity contribution in [3.63, 3.8) is 0 Å². The van der Waals surface area contributed by atoms with Crippen LogP contribution in [0.3, 0.4) is 0 Å². The highest BCUT2D eigenvalue weighted by atomic mass is 16.5. The molecule has 1 rings (SSSR count). The quantitative estimate of drug-likeness (QED) is 0.381. The maximum atomic E-state index is 11.9. The minimum absolute atomic E-state index is 0.0898. The SMILES string of the molecule is CCN(CC)CCNC(=O)c1ccc(N=CNO)cc1. The molecule has 0 atom stereocenters. The Morgan fingerprint density at radius 3 is 2.50 bits per heavy atom. The van der Waals surface area contributed by atoms with Crippen molar-refractivity contribution in [3.05, 3.63) is 29.8 Å². The largest absolute Gasteiger partial charge is 0.351 e. The van der Waals surface area contributed by atoms with Crippen LogP contribution in [-0.2, 0) is 0 Å². The van der Waals surface area contributed by atoms with Crippen molar-refractivity contribution in [3.8, 4) is 0 Å². The molecule has 1 amide bonds. The topological polar surface area (TPSA) is 77.0 Å². The van der Waals surface area contributed by atoms with E-state index < -0.39 is 0 Å². The molecule has 20 heavy (non-hydrogen) atoms. The summed E-state index contributed by atoms with van der Waals surface area (Å²) in [7, 11) is 0. The Labute approximate surface area is 119 Å². The van der Waals surface area contributed by atoms with Crippen LogP contribution in [0.2, 0.25) is 0 Å². The van der Waals surface area contributed by atoms with Gasteiger partial charge in [0, 0.05) is 18.7 Å². The molecule has 0 unspecified atom stereocenters. The van der Waals surface area contributed by atoms with E-state index in [-0.39, 0.29) is 5.91 Å². The van der Waals surface area contributed by atoms with Crippen molar-refractivity contribution in [2.24, 2.45) is 4.99 Å². The van der Waals surface area contributed by atoms with Gasteiger partial charge in [-0.1, -0.05) is 13.8 Å². The fourth-order valence-corrected chi connectivity index (χ4v) is 1.77. The first-order valence-electron chi connectivity index (χ1n) is 6.74. The van der Waals surface area contributed by atoms with E-state index >= 15 is 0 Å². The Balaban J connectivity index is 2.45. The summed E-state index contributed by atoms with van der Waals surface area (Å²) >= 11 is 0. The van der Waals surface area contributed by atoms with E-state index in [0.717, 1.165) is 19.6 Å². The second-order valence-corrected chi connectivity index (χ2v) is 4.22. The molecule has 0 saturated carbocycles. The van der Waals surface area contributed by atoms with E-state index in [9.17, 15) is 4.79 Å². The highest BCUT2D eigenvalue weighted by Crippen LogP contribution is 2.12. The summed E-state index contributed by atoms with van der Waals surface area (Å²) in [6.45, 7) is 7.66. The van der Waals surface area contributed by atoms with Gasteiger partial charge in [-0.2, -0.15) is 0 Å². The number of carbonyl (C=O) groups is 1. The second-order valence-electron chi connectivity index (χ2n) is 4.22. The molecule has 0 aliphatic heterocycles. The summed E-state index contributed by atoms with van der Waals surface area (Å²) in [5, 5.41) is 11.3. The molecule has 1 aromatic carbocycles. The first-order chi connectivity index (χ1) is 9.71. The number of hydrogen-bond acceptors (Lipinski definition) is 4. The van der Waals surface area contributed by atoms with Crippen LogP contribution in [0.1, 0.15) is 24.2 Å². The number of rotatable bonds is 8. The average molecular weight is 278 g/mol. The van der Waals surface area contributed by atoms with Gasteiger partial charge in [-0.05, 0) is 37.4 Å². The second kappa shape index (κ2) is 9.06. The minimum atomic E-state index is -0.0898. The Bertz CT molecular complexity index is 427. The van der Waals surface area contributed by atoms with Crippen molar-refractivity contribution in [2.45, 2.75) is 13.8 Å². The van der Waals surface area contributed by atoms with Crippen LogP contribution in [0, 0.1) is 0 Å². The molecule has 110 valence electrons. The van der Waals surface area contributed by atoms with E-state index in [2.05, 4.69) is 29.1 Å². The Hall–Kier alpha value is -1.92. The monoisotopic (exact) mass is 278 g/mol. The molecule has 1 aromatic rings. The molecule has 0 radical (unpaired) electrons. The summed E-state index contributed by atoms with van der Waals surface area (Å²) in [6.07, 6.45) is 1.17. The smallest absolute Gasteiger partial charge is 0.251 e. The van der Waals surface area contributed by atoms with E-state index in [1.165, 1.54) is 6.34 Å². The van der Waals surface area contributed by atoms with Gasteiger partial charge >= 0.3 is 0 Å². The summed E-state index contributed by atoms with van der Waals surface area (Å²) < 4.78 is 0. The number of hydrogen-bond donors (Lipinski definition) is 3. The molecular formula is C14H22N4O2. The summed E-state index contributed by atoms with van der Waals surface area (Å²) in [5.74, 6) is -0.0898. The Kier molecular flexibility index (Phi) is 7.31. The third-order valence-corrected chi connectivity index (χ3v) is 3.01. The summed E-state index contributed by atoms with van der Waals surface area (Å²) in [6, 6.07) is 6.84. The van der Waals surface area contributed by atoms with Gasteiger partial charge in [-0.25, -0.2) is 4.99 Å². The summed E-state index contributed by atoms with van der Waals surface area (Å²) in [5.41, 5.74) is 3.08. The normalized spacial score (nSPS) is 11.0. The number of hydroxylamine groups is 1. The number of nitrogens with one attached hydrogen (secondary N) is 2. The molecule has 6 nitrogen and oxygen atoms in total. The van der Waals surface area contributed by atoms with Crippen LogP contribution >= 0.6 is 0 Å². The minimum Gasteiger partial charge on any atom is -0.351 e. The van der Waals surface area contributed by atoms with Crippen LogP contribution in [-0.4, -0.2) is 48.5 Å². The lowest BCUT2D eigenvalue weighted by Gasteiger charge is -2.17. The van der Waals surface area contributed by atoms with Gasteiger partial charge < -0.3 is 10.2 Å². The van der Waals surface area contributed by atoms with E-state index in [1.807, 2.05) is 5.48 Å². The number of amides is 1. The van der Waals surface area contributed by atoms with Gasteiger partial charge in [0.15, 0.2) is 0 Å². The third kappa shape index (κ3) is 5.38. The Morgan fingerprint density at radius 1 is 1.30 bits per heavy atom. The Morgan fingerprint density at radius 2 is 1.95 bits per heavy atom. The lowest BCUT2D eigenvalue weighted by atomic mass is 10.2. The number of benzene rings is 1. The zero-order chi connectivity index (χ0) is 14.8. The third-order valence-electron chi connectivity index (χ3n) is 3.01. The lowest BCUT2D eigenvalue weighted by molar-refractivity contribution is 0.0949. The molecule has 0 heterocycles. The van der Waals surface area contributed by atoms with Gasteiger partial charge in [0.05, 0.1) is 5.69 Å². The molecule has 0 bridgehead atoms. The molecular weight excluding hydrogens is 256 g/mol. The van der Waals surface area contributed by atoms with Crippen LogP contribution in [0.25, 0.3) is 0 Å². The van der Waals surface area contributed by atoms with E-state index in [4.69, 9.17) is 5.21 Å². The van der Waals surface area contributed by atoms with Crippen LogP contribution in [0.5, 0.6) is 0 Å². The fraction of sp³-hybridized carbons (Fsp3) is 0.429. The van der Waals surface area contributed by atoms with Crippen LogP contribution < -0.4 is 10.8 Å². The molecule has 0 spiro atoms. The molecule has 0 aliphatic rings. The predicted molar refractivity (Wildman–Crippen MR) is 79.6 cm³/mol. The number of carbonyl (C=O) groups excluding carboxylic acids is 1. The molecule has 0 saturated heterocycles. The maximum absolute atomic E-state index is 11.9. The highest BCUT2D eigenvalue weighted by Gasteiger charge is 2.05. The van der Waals surface area contributed by atoms with Gasteiger partial charge in [0.1, 0.15) is 6.34 Å². The van der Waals surface area contributed by atoms with E-state index in [0.29, 0.717) is 17.8 Å². The van der Waals surface area contributed by atoms with Gasteiger partial charge in [-0.3, -0.25) is 15.5 Å². The first-order valence-corrected chi connectivity index (χ1v) is 6.74. The fourth-order valence-electron chi connectivity index (χ4n) is 1.77. The van der Waals surface area contributed by atoms with Crippen molar-refractivity contribution in [2.75, 3.05) is 26.2 Å². The average Bonchev–Trinajstić information content (AvgIpc) is 2.50. The molecule has 0 aromatic heterocycles. The first kappa shape index (κ1) is 16.1. The van der Waals surface area contributed by atoms with E-state index in [1.54, 1.807) is 24.3 Å². The maximum Gasteiger partial charge on any atom is 0.251 e. The van der Waals surface area contributed by atoms with Crippen LogP contribution in [0.4, 0.5) is 5.69 Å². The predicted octanol–water partition coefficient (Wildman–Crippen LogP) is 1.40. The number of aliphatic imine (C=N–C) groups is 1. The zero-order valence-corrected chi connectivity index (χ0v) is 12.0. The number of likely N-dealkylation sites (N-methyl/N-ethyl adjacent to an activating group) is 1. The van der Waals surface area contributed by atoms with Gasteiger partial charge in [0.25, 0.3) is 5.91 Å². The molecule has 3 N–H and O–H groups in total. The highest BCUT2D eigenvalue weighted by molar-refractivity contribution is 5.94. The lowest BCUT2D eigenvalue weighted by Crippen LogP contribution is -2.34. The van der Waals surface area contributed by atoms with Crippen molar-refractivity contribution in [1.29, 1.82) is 0 Å². The summed E-state index contributed by atoms with van der Waals surface area (Å²) in [4.78, 5) is 18.1.